The average molecular weight is 389 g/mol. The van der Waals surface area contributed by atoms with Gasteiger partial charge in [0.2, 0.25) is 6.79 Å². The van der Waals surface area contributed by atoms with Crippen LogP contribution in [0.3, 0.4) is 0 Å². The number of hydrogen-bond donors (Lipinski definition) is 1. The Morgan fingerprint density at radius 3 is 2.62 bits per heavy atom. The molecule has 7 nitrogen and oxygen atoms in total. The maximum atomic E-state index is 12.9. The Morgan fingerprint density at radius 2 is 1.83 bits per heavy atom. The Labute approximate surface area is 167 Å². The first-order chi connectivity index (χ1) is 14.2. The fraction of sp³-hybridized carbons (Fsp3) is 0.136. The highest BCUT2D eigenvalue weighted by Crippen LogP contribution is 2.34. The summed E-state index contributed by atoms with van der Waals surface area (Å²) in [6, 6.07) is 17.6. The standard InChI is InChI=1S/C22H19N3O4/c1-2-25(17-6-4-3-5-7-17)22(27)18-12-15(10-11-23-18)21(26)24-16-8-9-19-20(13-16)29-14-28-19/h3-13H,2,14H2,1H3,(H,24,26). The van der Waals surface area contributed by atoms with Crippen LogP contribution in [0.2, 0.25) is 0 Å². The lowest BCUT2D eigenvalue weighted by Gasteiger charge is -2.20. The zero-order valence-corrected chi connectivity index (χ0v) is 15.8. The van der Waals surface area contributed by atoms with Crippen LogP contribution in [0.1, 0.15) is 27.8 Å². The molecule has 0 saturated heterocycles. The monoisotopic (exact) mass is 389 g/mol. The van der Waals surface area contributed by atoms with Gasteiger partial charge >= 0.3 is 0 Å². The summed E-state index contributed by atoms with van der Waals surface area (Å²) < 4.78 is 10.6. The van der Waals surface area contributed by atoms with Crippen LogP contribution in [0.4, 0.5) is 11.4 Å². The number of carbonyl (C=O) groups excluding carboxylic acids is 2. The largest absolute Gasteiger partial charge is 0.454 e. The second-order valence-electron chi connectivity index (χ2n) is 6.34. The lowest BCUT2D eigenvalue weighted by Crippen LogP contribution is -2.31. The molecular weight excluding hydrogens is 370 g/mol. The van der Waals surface area contributed by atoms with E-state index in [0.717, 1.165) is 5.69 Å². The summed E-state index contributed by atoms with van der Waals surface area (Å²) in [5, 5.41) is 2.80. The number of nitrogens with one attached hydrogen (secondary N) is 1. The van der Waals surface area contributed by atoms with Crippen LogP contribution in [-0.4, -0.2) is 30.1 Å². The van der Waals surface area contributed by atoms with Crippen molar-refractivity contribution < 1.29 is 19.1 Å². The van der Waals surface area contributed by atoms with Gasteiger partial charge in [0, 0.05) is 35.7 Å². The molecular formula is C22H19N3O4. The lowest BCUT2D eigenvalue weighted by atomic mass is 10.2. The first kappa shape index (κ1) is 18.5. The van der Waals surface area contributed by atoms with E-state index in [-0.39, 0.29) is 24.3 Å². The maximum Gasteiger partial charge on any atom is 0.276 e. The van der Waals surface area contributed by atoms with E-state index in [9.17, 15) is 9.59 Å². The highest BCUT2D eigenvalue weighted by atomic mass is 16.7. The van der Waals surface area contributed by atoms with Crippen LogP contribution in [0.5, 0.6) is 11.5 Å². The SMILES string of the molecule is CCN(C(=O)c1cc(C(=O)Nc2ccc3c(c2)OCO3)ccn1)c1ccccc1. The second kappa shape index (κ2) is 8.02. The molecule has 0 radical (unpaired) electrons. The zero-order valence-electron chi connectivity index (χ0n) is 15.8. The number of benzene rings is 2. The summed E-state index contributed by atoms with van der Waals surface area (Å²) in [5.41, 5.74) is 1.89. The number of rotatable bonds is 5. The third-order valence-corrected chi connectivity index (χ3v) is 4.50. The summed E-state index contributed by atoms with van der Waals surface area (Å²) in [4.78, 5) is 31.4. The molecule has 1 aliphatic heterocycles. The molecule has 0 spiro atoms. The van der Waals surface area contributed by atoms with Gasteiger partial charge in [0.1, 0.15) is 5.69 Å². The lowest BCUT2D eigenvalue weighted by molar-refractivity contribution is 0.0983. The number of pyridine rings is 1. The minimum atomic E-state index is -0.344. The van der Waals surface area contributed by atoms with Crippen LogP contribution in [0.25, 0.3) is 0 Å². The van der Waals surface area contributed by atoms with Gasteiger partial charge in [-0.2, -0.15) is 0 Å². The molecule has 146 valence electrons. The van der Waals surface area contributed by atoms with Gasteiger partial charge in [-0.3, -0.25) is 14.6 Å². The number of hydrogen-bond acceptors (Lipinski definition) is 5. The van der Waals surface area contributed by atoms with Crippen LogP contribution in [-0.2, 0) is 0 Å². The van der Waals surface area contributed by atoms with E-state index in [0.29, 0.717) is 29.3 Å². The van der Waals surface area contributed by atoms with Crippen molar-refractivity contribution in [3.05, 3.63) is 78.1 Å². The first-order valence-electron chi connectivity index (χ1n) is 9.19. The average Bonchev–Trinajstić information content (AvgIpc) is 3.23. The third kappa shape index (κ3) is 3.89. The molecule has 0 bridgehead atoms. The Bertz CT molecular complexity index is 1050. The second-order valence-corrected chi connectivity index (χ2v) is 6.34. The highest BCUT2D eigenvalue weighted by Gasteiger charge is 2.19. The minimum Gasteiger partial charge on any atom is -0.454 e. The molecule has 0 atom stereocenters. The van der Waals surface area contributed by atoms with Gasteiger partial charge in [-0.15, -0.1) is 0 Å². The van der Waals surface area contributed by atoms with E-state index >= 15 is 0 Å². The molecule has 1 aliphatic rings. The number of carbonyl (C=O) groups is 2. The van der Waals surface area contributed by atoms with Crippen LogP contribution < -0.4 is 19.7 Å². The third-order valence-electron chi connectivity index (χ3n) is 4.50. The molecule has 0 unspecified atom stereocenters. The molecule has 1 aromatic heterocycles. The number of nitrogens with zero attached hydrogens (tertiary/aromatic N) is 2. The van der Waals surface area contributed by atoms with Crippen molar-refractivity contribution in [3.8, 4) is 11.5 Å². The number of anilines is 2. The summed E-state index contributed by atoms with van der Waals surface area (Å²) in [7, 11) is 0. The van der Waals surface area contributed by atoms with Crippen molar-refractivity contribution in [2.24, 2.45) is 0 Å². The Kier molecular flexibility index (Phi) is 5.11. The van der Waals surface area contributed by atoms with E-state index in [1.54, 1.807) is 29.2 Å². The van der Waals surface area contributed by atoms with Crippen LogP contribution in [0, 0.1) is 0 Å². The van der Waals surface area contributed by atoms with Crippen LogP contribution in [0.15, 0.2) is 66.9 Å². The van der Waals surface area contributed by atoms with Gasteiger partial charge in [0.25, 0.3) is 11.8 Å². The number of aromatic nitrogens is 1. The van der Waals surface area contributed by atoms with Gasteiger partial charge in [-0.1, -0.05) is 18.2 Å². The highest BCUT2D eigenvalue weighted by molar-refractivity contribution is 6.08. The summed E-state index contributed by atoms with van der Waals surface area (Å²) >= 11 is 0. The summed E-state index contributed by atoms with van der Waals surface area (Å²) in [5.74, 6) is 0.606. The number of ether oxygens (including phenoxy) is 2. The van der Waals surface area contributed by atoms with Gasteiger partial charge in [0.05, 0.1) is 0 Å². The summed E-state index contributed by atoms with van der Waals surface area (Å²) in [6.45, 7) is 2.54. The van der Waals surface area contributed by atoms with Crippen molar-refractivity contribution in [3.63, 3.8) is 0 Å². The van der Waals surface area contributed by atoms with E-state index in [2.05, 4.69) is 10.3 Å². The predicted octanol–water partition coefficient (Wildman–Crippen LogP) is 3.73. The van der Waals surface area contributed by atoms with Crippen LogP contribution >= 0.6 is 0 Å². The minimum absolute atomic E-state index is 0.165. The van der Waals surface area contributed by atoms with Gasteiger partial charge in [0.15, 0.2) is 11.5 Å². The normalized spacial score (nSPS) is 11.8. The fourth-order valence-electron chi connectivity index (χ4n) is 3.06. The molecule has 4 rings (SSSR count). The number of fused-ring (bicyclic) bond motifs is 1. The zero-order chi connectivity index (χ0) is 20.2. The molecule has 7 heteroatoms. The van der Waals surface area contributed by atoms with E-state index in [1.165, 1.54) is 12.3 Å². The quantitative estimate of drug-likeness (QED) is 0.719. The Morgan fingerprint density at radius 1 is 1.03 bits per heavy atom. The molecule has 3 aromatic rings. The van der Waals surface area contributed by atoms with Gasteiger partial charge in [-0.05, 0) is 43.3 Å². The molecule has 2 heterocycles. The molecule has 0 fully saturated rings. The predicted molar refractivity (Wildman–Crippen MR) is 109 cm³/mol. The van der Waals surface area contributed by atoms with Gasteiger partial charge < -0.3 is 19.7 Å². The van der Waals surface area contributed by atoms with E-state index < -0.39 is 0 Å². The van der Waals surface area contributed by atoms with Crippen molar-refractivity contribution in [2.75, 3.05) is 23.6 Å². The molecule has 29 heavy (non-hydrogen) atoms. The van der Waals surface area contributed by atoms with E-state index in [4.69, 9.17) is 9.47 Å². The van der Waals surface area contributed by atoms with Gasteiger partial charge in [-0.25, -0.2) is 0 Å². The Balaban J connectivity index is 1.53. The number of amides is 2. The molecule has 2 aromatic carbocycles. The van der Waals surface area contributed by atoms with Crippen molar-refractivity contribution in [1.29, 1.82) is 0 Å². The maximum absolute atomic E-state index is 12.9. The van der Waals surface area contributed by atoms with Crippen molar-refractivity contribution in [1.82, 2.24) is 4.98 Å². The smallest absolute Gasteiger partial charge is 0.276 e. The molecule has 1 N–H and O–H groups in total. The van der Waals surface area contributed by atoms with Crippen molar-refractivity contribution >= 4 is 23.2 Å². The molecule has 2 amide bonds. The topological polar surface area (TPSA) is 80.8 Å². The fourth-order valence-corrected chi connectivity index (χ4v) is 3.06. The molecule has 0 saturated carbocycles. The molecule has 0 aliphatic carbocycles. The first-order valence-corrected chi connectivity index (χ1v) is 9.19. The van der Waals surface area contributed by atoms with Crippen molar-refractivity contribution in [2.45, 2.75) is 6.92 Å². The Hall–Kier alpha value is -3.87. The van der Waals surface area contributed by atoms with E-state index in [1.807, 2.05) is 37.3 Å². The number of para-hydroxylation sites is 1. The summed E-state index contributed by atoms with van der Waals surface area (Å²) in [6.07, 6.45) is 1.46.